The molecule has 10 heteroatoms. The summed E-state index contributed by atoms with van der Waals surface area (Å²) in [5.74, 6) is 1.86. The average Bonchev–Trinajstić information content (AvgIpc) is 2.86. The minimum atomic E-state index is -4.14. The third-order valence-corrected chi connectivity index (χ3v) is 7.69. The molecule has 37 heavy (non-hydrogen) atoms. The molecule has 1 saturated heterocycles. The summed E-state index contributed by atoms with van der Waals surface area (Å²) in [7, 11) is 1.21. The second kappa shape index (κ2) is 11.9. The molecular weight excluding hydrogens is 514 g/mol. The van der Waals surface area contributed by atoms with Crippen LogP contribution in [0, 0.1) is 11.3 Å². The number of likely N-dealkylation sites (tertiary alicyclic amines) is 1. The third-order valence-electron chi connectivity index (χ3n) is 6.38. The predicted octanol–water partition coefficient (Wildman–Crippen LogP) is 5.19. The number of nitrogens with one attached hydrogen (secondary N) is 1. The Bertz CT molecular complexity index is 1360. The molecule has 0 radical (unpaired) electrons. The molecule has 1 aliphatic rings. The van der Waals surface area contributed by atoms with Gasteiger partial charge >= 0.3 is 10.1 Å². The van der Waals surface area contributed by atoms with Crippen molar-refractivity contribution in [1.29, 1.82) is 5.41 Å². The standard InChI is InChI=1S/C27H33N3O5S.ClH/c1-19(28)30-13-7-8-20(17-30)18-34-22-14-21(33-4)15-23(16-22)35-36(31,32)27-12-6-9-24-25(27)10-5-11-26(24)29(2)3;/h5-6,9-12,14-16,20,28H,7-8,13,17-18H2,1-4H3;1H. The number of halogens is 1. The van der Waals surface area contributed by atoms with E-state index in [1.165, 1.54) is 13.2 Å². The lowest BCUT2D eigenvalue weighted by atomic mass is 9.99. The van der Waals surface area contributed by atoms with Gasteiger partial charge in [-0.25, -0.2) is 0 Å². The number of amidine groups is 1. The lowest BCUT2D eigenvalue weighted by molar-refractivity contribution is 0.173. The molecule has 0 aliphatic carbocycles. The number of rotatable bonds is 8. The summed E-state index contributed by atoms with van der Waals surface area (Å²) < 4.78 is 43.7. The molecule has 0 amide bonds. The highest BCUT2D eigenvalue weighted by atomic mass is 35.5. The van der Waals surface area contributed by atoms with Gasteiger partial charge in [0, 0.05) is 67.8 Å². The number of hydrogen-bond donors (Lipinski definition) is 1. The van der Waals surface area contributed by atoms with Crippen molar-refractivity contribution in [3.8, 4) is 17.2 Å². The Kier molecular flexibility index (Phi) is 9.15. The van der Waals surface area contributed by atoms with Crippen LogP contribution in [0.1, 0.15) is 19.8 Å². The zero-order valence-corrected chi connectivity index (χ0v) is 23.2. The molecule has 200 valence electrons. The van der Waals surface area contributed by atoms with E-state index in [0.29, 0.717) is 29.3 Å². The Hall–Kier alpha value is -3.17. The molecular formula is C27H34ClN3O5S. The number of piperidine rings is 1. The average molecular weight is 548 g/mol. The predicted molar refractivity (Wildman–Crippen MR) is 150 cm³/mol. The molecule has 1 unspecified atom stereocenters. The van der Waals surface area contributed by atoms with Gasteiger partial charge < -0.3 is 23.5 Å². The van der Waals surface area contributed by atoms with Gasteiger partial charge in [0.25, 0.3) is 0 Å². The van der Waals surface area contributed by atoms with Crippen LogP contribution in [0.15, 0.2) is 59.5 Å². The molecule has 4 rings (SSSR count). The fourth-order valence-corrected chi connectivity index (χ4v) is 5.69. The van der Waals surface area contributed by atoms with Crippen molar-refractivity contribution >= 4 is 44.8 Å². The van der Waals surface area contributed by atoms with E-state index in [1.54, 1.807) is 37.3 Å². The Morgan fingerprint density at radius 3 is 2.43 bits per heavy atom. The Labute approximate surface area is 225 Å². The van der Waals surface area contributed by atoms with Crippen LogP contribution < -0.4 is 18.6 Å². The van der Waals surface area contributed by atoms with Gasteiger partial charge in [0.15, 0.2) is 0 Å². The summed E-state index contributed by atoms with van der Waals surface area (Å²) in [5, 5.41) is 9.30. The van der Waals surface area contributed by atoms with E-state index in [0.717, 1.165) is 37.0 Å². The van der Waals surface area contributed by atoms with Crippen molar-refractivity contribution in [2.45, 2.75) is 24.7 Å². The van der Waals surface area contributed by atoms with Crippen LogP contribution in [-0.4, -0.2) is 60.1 Å². The van der Waals surface area contributed by atoms with E-state index >= 15 is 0 Å². The smallest absolute Gasteiger partial charge is 0.339 e. The maximum Gasteiger partial charge on any atom is 0.339 e. The van der Waals surface area contributed by atoms with Gasteiger partial charge in [-0.2, -0.15) is 8.42 Å². The lowest BCUT2D eigenvalue weighted by Gasteiger charge is -2.33. The van der Waals surface area contributed by atoms with Crippen LogP contribution in [-0.2, 0) is 10.1 Å². The van der Waals surface area contributed by atoms with E-state index < -0.39 is 10.1 Å². The molecule has 0 aromatic heterocycles. The monoisotopic (exact) mass is 547 g/mol. The van der Waals surface area contributed by atoms with E-state index in [1.807, 2.05) is 37.2 Å². The first-order valence-electron chi connectivity index (χ1n) is 11.9. The van der Waals surface area contributed by atoms with Gasteiger partial charge in [-0.3, -0.25) is 5.41 Å². The number of hydrogen-bond acceptors (Lipinski definition) is 7. The fourth-order valence-electron chi connectivity index (χ4n) is 4.56. The van der Waals surface area contributed by atoms with Crippen LogP contribution in [0.3, 0.4) is 0 Å². The molecule has 1 atom stereocenters. The van der Waals surface area contributed by atoms with E-state index in [9.17, 15) is 8.42 Å². The number of nitrogens with zero attached hydrogens (tertiary/aromatic N) is 2. The summed E-state index contributed by atoms with van der Waals surface area (Å²) in [6.07, 6.45) is 2.02. The topological polar surface area (TPSA) is 92.2 Å². The van der Waals surface area contributed by atoms with Crippen molar-refractivity contribution in [3.05, 3.63) is 54.6 Å². The first-order chi connectivity index (χ1) is 17.2. The van der Waals surface area contributed by atoms with Crippen molar-refractivity contribution < 1.29 is 22.1 Å². The normalized spacial score (nSPS) is 15.6. The van der Waals surface area contributed by atoms with Gasteiger partial charge in [0.2, 0.25) is 0 Å². The Morgan fingerprint density at radius 1 is 1.05 bits per heavy atom. The lowest BCUT2D eigenvalue weighted by Crippen LogP contribution is -2.40. The zero-order chi connectivity index (χ0) is 25.9. The van der Waals surface area contributed by atoms with Gasteiger partial charge in [-0.1, -0.05) is 24.3 Å². The number of ether oxygens (including phenoxy) is 2. The van der Waals surface area contributed by atoms with Gasteiger partial charge in [-0.05, 0) is 31.9 Å². The van der Waals surface area contributed by atoms with Crippen molar-refractivity contribution in [2.24, 2.45) is 5.92 Å². The SMILES string of the molecule is COc1cc(OCC2CCCN(C(C)=N)C2)cc(OS(=O)(=O)c2cccc3c(N(C)C)cccc23)c1.Cl. The first kappa shape index (κ1) is 28.4. The van der Waals surface area contributed by atoms with E-state index in [2.05, 4.69) is 4.90 Å². The second-order valence-corrected chi connectivity index (χ2v) is 10.8. The van der Waals surface area contributed by atoms with Crippen LogP contribution in [0.2, 0.25) is 0 Å². The number of fused-ring (bicyclic) bond motifs is 1. The third kappa shape index (κ3) is 6.59. The second-order valence-electron chi connectivity index (χ2n) is 9.26. The Morgan fingerprint density at radius 2 is 1.73 bits per heavy atom. The van der Waals surface area contributed by atoms with Crippen LogP contribution >= 0.6 is 12.4 Å². The molecule has 1 fully saturated rings. The van der Waals surface area contributed by atoms with Crippen molar-refractivity contribution in [2.75, 3.05) is 45.8 Å². The highest BCUT2D eigenvalue weighted by Gasteiger charge is 2.23. The molecule has 3 aromatic carbocycles. The van der Waals surface area contributed by atoms with E-state index in [4.69, 9.17) is 19.1 Å². The quantitative estimate of drug-likeness (QED) is 0.235. The zero-order valence-electron chi connectivity index (χ0n) is 21.6. The van der Waals surface area contributed by atoms with Crippen molar-refractivity contribution in [3.63, 3.8) is 0 Å². The van der Waals surface area contributed by atoms with Crippen LogP contribution in [0.5, 0.6) is 17.2 Å². The molecule has 3 aromatic rings. The van der Waals surface area contributed by atoms with Crippen LogP contribution in [0.25, 0.3) is 10.8 Å². The molecule has 8 nitrogen and oxygen atoms in total. The summed E-state index contributed by atoms with van der Waals surface area (Å²) in [6, 6.07) is 15.5. The fraction of sp³-hybridized carbons (Fsp3) is 0.370. The van der Waals surface area contributed by atoms with Crippen molar-refractivity contribution in [1.82, 2.24) is 4.90 Å². The summed E-state index contributed by atoms with van der Waals surface area (Å²) >= 11 is 0. The number of benzene rings is 3. The largest absolute Gasteiger partial charge is 0.496 e. The minimum Gasteiger partial charge on any atom is -0.496 e. The molecule has 1 heterocycles. The first-order valence-corrected chi connectivity index (χ1v) is 13.3. The number of anilines is 1. The molecule has 1 aliphatic heterocycles. The van der Waals surface area contributed by atoms with Crippen LogP contribution in [0.4, 0.5) is 5.69 Å². The summed E-state index contributed by atoms with van der Waals surface area (Å²) in [5.41, 5.74) is 0.918. The minimum absolute atomic E-state index is 0. The molecule has 0 bridgehead atoms. The molecule has 1 N–H and O–H groups in total. The maximum absolute atomic E-state index is 13.4. The summed E-state index contributed by atoms with van der Waals surface area (Å²) in [6.45, 7) is 3.92. The summed E-state index contributed by atoms with van der Waals surface area (Å²) in [4.78, 5) is 4.09. The highest BCUT2D eigenvalue weighted by molar-refractivity contribution is 7.87. The molecule has 0 saturated carbocycles. The number of methoxy groups -OCH3 is 1. The van der Waals surface area contributed by atoms with Gasteiger partial charge in [0.1, 0.15) is 22.1 Å². The molecule has 0 spiro atoms. The van der Waals surface area contributed by atoms with Gasteiger partial charge in [-0.15, -0.1) is 12.4 Å². The Balaban J connectivity index is 0.00000380. The van der Waals surface area contributed by atoms with E-state index in [-0.39, 0.29) is 29.0 Å². The maximum atomic E-state index is 13.4. The highest BCUT2D eigenvalue weighted by Crippen LogP contribution is 2.34. The van der Waals surface area contributed by atoms with Gasteiger partial charge in [0.05, 0.1) is 19.6 Å².